The zero-order valence-corrected chi connectivity index (χ0v) is 13.0. The number of rotatable bonds is 5. The zero-order valence-electron chi connectivity index (χ0n) is 11.4. The van der Waals surface area contributed by atoms with Crippen LogP contribution in [0.1, 0.15) is 5.76 Å². The highest BCUT2D eigenvalue weighted by molar-refractivity contribution is 8.00. The molecule has 3 aromatic heterocycles. The van der Waals surface area contributed by atoms with Gasteiger partial charge in [-0.15, -0.1) is 11.3 Å². The zero-order chi connectivity index (χ0) is 14.7. The van der Waals surface area contributed by atoms with Gasteiger partial charge < -0.3 is 9.32 Å². The summed E-state index contributed by atoms with van der Waals surface area (Å²) in [5.74, 6) is 1.17. The number of hydrogen-bond donors (Lipinski definition) is 0. The average Bonchev–Trinajstić information content (AvgIpc) is 3.15. The van der Waals surface area contributed by atoms with Crippen molar-refractivity contribution in [2.45, 2.75) is 11.6 Å². The number of aromatic nitrogens is 2. The van der Waals surface area contributed by atoms with Crippen LogP contribution in [0.3, 0.4) is 0 Å². The Kier molecular flexibility index (Phi) is 4.21. The molecule has 5 nitrogen and oxygen atoms in total. The van der Waals surface area contributed by atoms with Crippen molar-refractivity contribution >= 4 is 39.2 Å². The molecule has 0 saturated heterocycles. The SMILES string of the molecule is CN(Cc1ccco1)C(=O)CSc1ncnc2ccsc12. The Morgan fingerprint density at radius 2 is 2.33 bits per heavy atom. The lowest BCUT2D eigenvalue weighted by atomic mass is 10.4. The number of nitrogens with zero attached hydrogens (tertiary/aromatic N) is 3. The fourth-order valence-electron chi connectivity index (χ4n) is 1.83. The molecule has 0 aliphatic rings. The maximum Gasteiger partial charge on any atom is 0.233 e. The van der Waals surface area contributed by atoms with Gasteiger partial charge in [-0.05, 0) is 23.6 Å². The summed E-state index contributed by atoms with van der Waals surface area (Å²) in [4.78, 5) is 22.2. The molecule has 0 spiro atoms. The van der Waals surface area contributed by atoms with Gasteiger partial charge in [-0.2, -0.15) is 0 Å². The highest BCUT2D eigenvalue weighted by Crippen LogP contribution is 2.28. The normalized spacial score (nSPS) is 10.9. The second-order valence-electron chi connectivity index (χ2n) is 4.43. The molecule has 3 aromatic rings. The summed E-state index contributed by atoms with van der Waals surface area (Å²) >= 11 is 3.03. The Hall–Kier alpha value is -1.86. The number of fused-ring (bicyclic) bond motifs is 1. The molecule has 0 unspecified atom stereocenters. The molecular formula is C14H13N3O2S2. The van der Waals surface area contributed by atoms with Crippen LogP contribution in [-0.4, -0.2) is 33.6 Å². The van der Waals surface area contributed by atoms with Crippen LogP contribution >= 0.6 is 23.1 Å². The Morgan fingerprint density at radius 3 is 3.14 bits per heavy atom. The van der Waals surface area contributed by atoms with E-state index in [1.807, 2.05) is 23.6 Å². The minimum Gasteiger partial charge on any atom is -0.467 e. The topological polar surface area (TPSA) is 59.2 Å². The van der Waals surface area contributed by atoms with Gasteiger partial charge in [-0.1, -0.05) is 11.8 Å². The molecular weight excluding hydrogens is 306 g/mol. The van der Waals surface area contributed by atoms with Crippen molar-refractivity contribution in [3.63, 3.8) is 0 Å². The highest BCUT2D eigenvalue weighted by atomic mass is 32.2. The van der Waals surface area contributed by atoms with Crippen LogP contribution in [0.25, 0.3) is 10.2 Å². The summed E-state index contributed by atoms with van der Waals surface area (Å²) in [6, 6.07) is 5.63. The van der Waals surface area contributed by atoms with E-state index in [0.29, 0.717) is 12.3 Å². The van der Waals surface area contributed by atoms with Crippen LogP contribution in [0.4, 0.5) is 0 Å². The number of furan rings is 1. The number of thiophene rings is 1. The van der Waals surface area contributed by atoms with E-state index in [1.54, 1.807) is 29.5 Å². The van der Waals surface area contributed by atoms with Crippen molar-refractivity contribution in [2.75, 3.05) is 12.8 Å². The smallest absolute Gasteiger partial charge is 0.233 e. The molecule has 0 aliphatic heterocycles. The molecule has 108 valence electrons. The predicted octanol–water partition coefficient (Wildman–Crippen LogP) is 3.04. The summed E-state index contributed by atoms with van der Waals surface area (Å²) in [6.45, 7) is 0.477. The molecule has 3 heterocycles. The Labute approximate surface area is 130 Å². The summed E-state index contributed by atoms with van der Waals surface area (Å²) < 4.78 is 6.28. The van der Waals surface area contributed by atoms with E-state index in [0.717, 1.165) is 21.0 Å². The van der Waals surface area contributed by atoms with Crippen molar-refractivity contribution in [3.8, 4) is 0 Å². The lowest BCUT2D eigenvalue weighted by Gasteiger charge is -2.15. The van der Waals surface area contributed by atoms with E-state index in [2.05, 4.69) is 9.97 Å². The van der Waals surface area contributed by atoms with Crippen molar-refractivity contribution in [1.29, 1.82) is 0 Å². The Balaban J connectivity index is 1.61. The number of hydrogen-bond acceptors (Lipinski definition) is 6. The molecule has 7 heteroatoms. The van der Waals surface area contributed by atoms with Gasteiger partial charge in [0.1, 0.15) is 17.1 Å². The van der Waals surface area contributed by atoms with Crippen molar-refractivity contribution < 1.29 is 9.21 Å². The van der Waals surface area contributed by atoms with E-state index in [9.17, 15) is 4.79 Å². The second kappa shape index (κ2) is 6.28. The quantitative estimate of drug-likeness (QED) is 0.534. The van der Waals surface area contributed by atoms with E-state index in [4.69, 9.17) is 4.42 Å². The van der Waals surface area contributed by atoms with Gasteiger partial charge >= 0.3 is 0 Å². The predicted molar refractivity (Wildman–Crippen MR) is 83.3 cm³/mol. The number of carbonyl (C=O) groups is 1. The van der Waals surface area contributed by atoms with Gasteiger partial charge in [0.15, 0.2) is 0 Å². The van der Waals surface area contributed by atoms with Crippen LogP contribution in [0.5, 0.6) is 0 Å². The Morgan fingerprint density at radius 1 is 1.43 bits per heavy atom. The molecule has 0 atom stereocenters. The Bertz CT molecular complexity index is 740. The monoisotopic (exact) mass is 319 g/mol. The number of carbonyl (C=O) groups excluding carboxylic acids is 1. The summed E-state index contributed by atoms with van der Waals surface area (Å²) in [5.41, 5.74) is 0.925. The first-order valence-electron chi connectivity index (χ1n) is 6.31. The van der Waals surface area contributed by atoms with Gasteiger partial charge in [0.25, 0.3) is 0 Å². The molecule has 0 bridgehead atoms. The molecule has 21 heavy (non-hydrogen) atoms. The highest BCUT2D eigenvalue weighted by Gasteiger charge is 2.13. The van der Waals surface area contributed by atoms with Gasteiger partial charge in [0.2, 0.25) is 5.91 Å². The lowest BCUT2D eigenvalue weighted by Crippen LogP contribution is -2.27. The molecule has 0 saturated carbocycles. The lowest BCUT2D eigenvalue weighted by molar-refractivity contribution is -0.127. The standard InChI is InChI=1S/C14H13N3O2S2/c1-17(7-10-3-2-5-19-10)12(18)8-21-14-13-11(4-6-20-13)15-9-16-14/h2-6,9H,7-8H2,1H3. The van der Waals surface area contributed by atoms with Crippen molar-refractivity contribution in [3.05, 3.63) is 41.9 Å². The third-order valence-electron chi connectivity index (χ3n) is 2.94. The van der Waals surface area contributed by atoms with E-state index >= 15 is 0 Å². The third-order valence-corrected chi connectivity index (χ3v) is 4.96. The van der Waals surface area contributed by atoms with Crippen LogP contribution in [0, 0.1) is 0 Å². The number of thioether (sulfide) groups is 1. The summed E-state index contributed by atoms with van der Waals surface area (Å²) in [7, 11) is 1.77. The van der Waals surface area contributed by atoms with Crippen molar-refractivity contribution in [2.24, 2.45) is 0 Å². The minimum absolute atomic E-state index is 0.0414. The van der Waals surface area contributed by atoms with E-state index < -0.39 is 0 Å². The minimum atomic E-state index is 0.0414. The average molecular weight is 319 g/mol. The second-order valence-corrected chi connectivity index (χ2v) is 6.31. The first-order chi connectivity index (χ1) is 10.2. The molecule has 0 aliphatic carbocycles. The van der Waals surface area contributed by atoms with Crippen LogP contribution in [0.15, 0.2) is 45.6 Å². The summed E-state index contributed by atoms with van der Waals surface area (Å²) in [5, 5.41) is 2.84. The van der Waals surface area contributed by atoms with E-state index in [1.165, 1.54) is 18.1 Å². The molecule has 0 fully saturated rings. The van der Waals surface area contributed by atoms with E-state index in [-0.39, 0.29) is 5.91 Å². The maximum atomic E-state index is 12.1. The first-order valence-corrected chi connectivity index (χ1v) is 8.18. The largest absolute Gasteiger partial charge is 0.467 e. The van der Waals surface area contributed by atoms with Crippen LogP contribution in [0.2, 0.25) is 0 Å². The first kappa shape index (κ1) is 14.1. The third kappa shape index (κ3) is 3.25. The number of amides is 1. The molecule has 0 aromatic carbocycles. The molecule has 0 radical (unpaired) electrons. The van der Waals surface area contributed by atoms with Gasteiger partial charge in [-0.25, -0.2) is 9.97 Å². The van der Waals surface area contributed by atoms with Gasteiger partial charge in [-0.3, -0.25) is 4.79 Å². The van der Waals surface area contributed by atoms with Crippen LogP contribution in [-0.2, 0) is 11.3 Å². The maximum absolute atomic E-state index is 12.1. The fourth-order valence-corrected chi connectivity index (χ4v) is 3.72. The van der Waals surface area contributed by atoms with Gasteiger partial charge in [0, 0.05) is 7.05 Å². The fraction of sp³-hybridized carbons (Fsp3) is 0.214. The molecule has 0 N–H and O–H groups in total. The van der Waals surface area contributed by atoms with Gasteiger partial charge in [0.05, 0.1) is 28.8 Å². The van der Waals surface area contributed by atoms with Crippen LogP contribution < -0.4 is 0 Å². The summed E-state index contributed by atoms with van der Waals surface area (Å²) in [6.07, 6.45) is 3.14. The van der Waals surface area contributed by atoms with Crippen molar-refractivity contribution in [1.82, 2.24) is 14.9 Å². The molecule has 1 amide bonds. The molecule has 3 rings (SSSR count).